The molecule has 0 saturated carbocycles. The molecule has 0 aliphatic carbocycles. The number of carbonyl (C=O) groups is 1. The van der Waals surface area contributed by atoms with Crippen molar-refractivity contribution in [1.82, 2.24) is 10.6 Å². The van der Waals surface area contributed by atoms with E-state index in [0.717, 1.165) is 11.6 Å². The number of alkyl halides is 3. The van der Waals surface area contributed by atoms with Gasteiger partial charge in [-0.1, -0.05) is 71.2 Å². The molecule has 0 bridgehead atoms. The van der Waals surface area contributed by atoms with Crippen LogP contribution in [0.4, 0.5) is 5.69 Å². The fourth-order valence-electron chi connectivity index (χ4n) is 2.04. The second kappa shape index (κ2) is 8.49. The van der Waals surface area contributed by atoms with Gasteiger partial charge in [0.05, 0.1) is 4.92 Å². The van der Waals surface area contributed by atoms with E-state index in [9.17, 15) is 14.9 Å². The minimum atomic E-state index is -1.81. The van der Waals surface area contributed by atoms with Gasteiger partial charge in [0.15, 0.2) is 0 Å². The number of rotatable bonds is 6. The Kier molecular flexibility index (Phi) is 6.61. The zero-order valence-corrected chi connectivity index (χ0v) is 15.1. The Morgan fingerprint density at radius 1 is 1.12 bits per heavy atom. The summed E-state index contributed by atoms with van der Waals surface area (Å²) in [5.74, 6) is -0.597. The van der Waals surface area contributed by atoms with Crippen molar-refractivity contribution >= 4 is 46.4 Å². The smallest absolute Gasteiger partial charge is 0.270 e. The van der Waals surface area contributed by atoms with Crippen molar-refractivity contribution in [2.45, 2.75) is 16.5 Å². The zero-order chi connectivity index (χ0) is 18.4. The van der Waals surface area contributed by atoms with Crippen molar-refractivity contribution in [1.29, 1.82) is 0 Å². The summed E-state index contributed by atoms with van der Waals surface area (Å²) < 4.78 is -1.81. The Morgan fingerprint density at radius 2 is 1.80 bits per heavy atom. The van der Waals surface area contributed by atoms with E-state index in [1.807, 2.05) is 30.3 Å². The second-order valence-electron chi connectivity index (χ2n) is 5.12. The maximum atomic E-state index is 12.3. The van der Waals surface area contributed by atoms with Crippen LogP contribution in [-0.4, -0.2) is 20.8 Å². The maximum absolute atomic E-state index is 12.3. The predicted molar refractivity (Wildman–Crippen MR) is 97.9 cm³/mol. The van der Waals surface area contributed by atoms with Crippen molar-refractivity contribution in [3.05, 3.63) is 75.8 Å². The van der Waals surface area contributed by atoms with E-state index in [2.05, 4.69) is 10.6 Å². The molecule has 0 aromatic heterocycles. The van der Waals surface area contributed by atoms with Crippen LogP contribution in [0, 0.1) is 10.1 Å². The third-order valence-electron chi connectivity index (χ3n) is 3.28. The average molecular weight is 403 g/mol. The zero-order valence-electron chi connectivity index (χ0n) is 12.8. The van der Waals surface area contributed by atoms with E-state index < -0.39 is 20.8 Å². The molecular formula is C16H14Cl3N3O3. The van der Waals surface area contributed by atoms with Crippen LogP contribution in [0.5, 0.6) is 0 Å². The lowest BCUT2D eigenvalue weighted by Gasteiger charge is -2.26. The number of benzene rings is 2. The number of amides is 1. The average Bonchev–Trinajstić information content (AvgIpc) is 2.58. The number of nitrogens with zero attached hydrogens (tertiary/aromatic N) is 1. The lowest BCUT2D eigenvalue weighted by molar-refractivity contribution is -0.384. The third kappa shape index (κ3) is 5.86. The van der Waals surface area contributed by atoms with Gasteiger partial charge in [-0.05, 0) is 11.6 Å². The minimum Gasteiger partial charge on any atom is -0.333 e. The van der Waals surface area contributed by atoms with E-state index in [4.69, 9.17) is 34.8 Å². The van der Waals surface area contributed by atoms with Crippen LogP contribution in [0.25, 0.3) is 0 Å². The van der Waals surface area contributed by atoms with Crippen LogP contribution in [0.3, 0.4) is 0 Å². The number of nitro groups is 1. The molecule has 0 heterocycles. The molecule has 6 nitrogen and oxygen atoms in total. The highest BCUT2D eigenvalue weighted by Crippen LogP contribution is 2.29. The van der Waals surface area contributed by atoms with E-state index in [0.29, 0.717) is 6.54 Å². The predicted octanol–water partition coefficient (Wildman–Crippen LogP) is 3.81. The van der Waals surface area contributed by atoms with Gasteiger partial charge in [-0.2, -0.15) is 0 Å². The molecule has 0 saturated heterocycles. The maximum Gasteiger partial charge on any atom is 0.270 e. The van der Waals surface area contributed by atoms with Crippen molar-refractivity contribution in [2.75, 3.05) is 0 Å². The van der Waals surface area contributed by atoms with Gasteiger partial charge in [0, 0.05) is 24.2 Å². The molecule has 2 aromatic carbocycles. The van der Waals surface area contributed by atoms with Crippen LogP contribution < -0.4 is 10.6 Å². The Balaban J connectivity index is 2.10. The second-order valence-corrected chi connectivity index (χ2v) is 7.49. The van der Waals surface area contributed by atoms with Gasteiger partial charge >= 0.3 is 0 Å². The molecule has 2 rings (SSSR count). The molecule has 2 aromatic rings. The summed E-state index contributed by atoms with van der Waals surface area (Å²) in [6.07, 6.45) is -0.996. The lowest BCUT2D eigenvalue weighted by atomic mass is 10.2. The summed E-state index contributed by atoms with van der Waals surface area (Å²) in [7, 11) is 0. The molecule has 0 radical (unpaired) electrons. The van der Waals surface area contributed by atoms with E-state index in [1.165, 1.54) is 18.2 Å². The van der Waals surface area contributed by atoms with E-state index in [-0.39, 0.29) is 11.3 Å². The first-order chi connectivity index (χ1) is 11.8. The fourth-order valence-corrected chi connectivity index (χ4v) is 2.43. The highest BCUT2D eigenvalue weighted by Gasteiger charge is 2.34. The van der Waals surface area contributed by atoms with Crippen molar-refractivity contribution < 1.29 is 9.72 Å². The molecule has 0 spiro atoms. The quantitative estimate of drug-likeness (QED) is 0.333. The molecule has 0 fully saturated rings. The summed E-state index contributed by atoms with van der Waals surface area (Å²) in [6, 6.07) is 14.7. The van der Waals surface area contributed by atoms with Crippen molar-refractivity contribution in [2.24, 2.45) is 0 Å². The van der Waals surface area contributed by atoms with Gasteiger partial charge in [-0.15, -0.1) is 0 Å². The van der Waals surface area contributed by atoms with Gasteiger partial charge in [0.25, 0.3) is 11.6 Å². The molecule has 0 aliphatic heterocycles. The minimum absolute atomic E-state index is 0.0926. The molecule has 25 heavy (non-hydrogen) atoms. The van der Waals surface area contributed by atoms with Crippen molar-refractivity contribution in [3.8, 4) is 0 Å². The first kappa shape index (κ1) is 19.5. The molecule has 132 valence electrons. The summed E-state index contributed by atoms with van der Waals surface area (Å²) in [5, 5.41) is 16.3. The van der Waals surface area contributed by atoms with E-state index >= 15 is 0 Å². The standard InChI is InChI=1S/C16H14Cl3N3O3/c17-16(18,19)15(20-10-11-5-2-1-3-6-11)21-14(23)12-7-4-8-13(9-12)22(24)25/h1-9,15,20H,10H2,(H,21,23)/t15-/m1/s1. The molecular weight excluding hydrogens is 389 g/mol. The lowest BCUT2D eigenvalue weighted by Crippen LogP contribution is -2.53. The van der Waals surface area contributed by atoms with Crippen LogP contribution in [0.15, 0.2) is 54.6 Å². The van der Waals surface area contributed by atoms with Gasteiger partial charge < -0.3 is 5.32 Å². The number of nitrogens with one attached hydrogen (secondary N) is 2. The topological polar surface area (TPSA) is 84.3 Å². The van der Waals surface area contributed by atoms with Crippen molar-refractivity contribution in [3.63, 3.8) is 0 Å². The number of nitro benzene ring substituents is 1. The van der Waals surface area contributed by atoms with Gasteiger partial charge in [0.2, 0.25) is 3.79 Å². The number of hydrogen-bond acceptors (Lipinski definition) is 4. The molecule has 1 atom stereocenters. The summed E-state index contributed by atoms with van der Waals surface area (Å²) >= 11 is 17.8. The summed E-state index contributed by atoms with van der Waals surface area (Å²) in [4.78, 5) is 22.6. The summed E-state index contributed by atoms with van der Waals surface area (Å²) in [6.45, 7) is 0.356. The number of non-ortho nitro benzene ring substituents is 1. The third-order valence-corrected chi connectivity index (χ3v) is 3.93. The number of hydrogen-bond donors (Lipinski definition) is 2. The molecule has 2 N–H and O–H groups in total. The highest BCUT2D eigenvalue weighted by atomic mass is 35.6. The Bertz CT molecular complexity index is 751. The normalized spacial score (nSPS) is 12.4. The Morgan fingerprint density at radius 3 is 2.40 bits per heavy atom. The van der Waals surface area contributed by atoms with Crippen LogP contribution in [0.1, 0.15) is 15.9 Å². The van der Waals surface area contributed by atoms with Gasteiger partial charge in [-0.25, -0.2) is 0 Å². The first-order valence-corrected chi connectivity index (χ1v) is 8.30. The number of carbonyl (C=O) groups excluding carboxylic acids is 1. The highest BCUT2D eigenvalue weighted by molar-refractivity contribution is 6.68. The molecule has 9 heteroatoms. The van der Waals surface area contributed by atoms with Gasteiger partial charge in [-0.3, -0.25) is 20.2 Å². The largest absolute Gasteiger partial charge is 0.333 e. The number of halogens is 3. The van der Waals surface area contributed by atoms with Crippen LogP contribution in [-0.2, 0) is 6.54 Å². The Labute approximate surface area is 159 Å². The SMILES string of the molecule is O=C(N[C@@H](NCc1ccccc1)C(Cl)(Cl)Cl)c1cccc([N+](=O)[O-])c1. The van der Waals surface area contributed by atoms with Crippen LogP contribution >= 0.6 is 34.8 Å². The summed E-state index contributed by atoms with van der Waals surface area (Å²) in [5.41, 5.74) is 0.830. The van der Waals surface area contributed by atoms with E-state index in [1.54, 1.807) is 0 Å². The first-order valence-electron chi connectivity index (χ1n) is 7.17. The van der Waals surface area contributed by atoms with Crippen LogP contribution in [0.2, 0.25) is 0 Å². The van der Waals surface area contributed by atoms with Gasteiger partial charge in [0.1, 0.15) is 6.17 Å². The molecule has 0 aliphatic rings. The fraction of sp³-hybridized carbons (Fsp3) is 0.188. The molecule has 1 amide bonds. The monoisotopic (exact) mass is 401 g/mol. The molecule has 0 unspecified atom stereocenters. The Hall–Kier alpha value is -1.86.